The second-order valence-electron chi connectivity index (χ2n) is 6.38. The van der Waals surface area contributed by atoms with Crippen LogP contribution in [0.2, 0.25) is 0 Å². The molecule has 2 fully saturated rings. The number of benzene rings is 1. The normalized spacial score (nSPS) is 25.7. The fraction of sp³-hybridized carbons (Fsp3) is 0.471. The van der Waals surface area contributed by atoms with Gasteiger partial charge in [0, 0.05) is 11.6 Å². The molecule has 1 N–H and O–H groups in total. The van der Waals surface area contributed by atoms with Gasteiger partial charge in [0.05, 0.1) is 5.75 Å². The molecule has 2 bridgehead atoms. The van der Waals surface area contributed by atoms with Crippen LogP contribution in [0.3, 0.4) is 0 Å². The molecular formula is C17H19N3O2S. The van der Waals surface area contributed by atoms with Crippen molar-refractivity contribution in [3.05, 3.63) is 30.3 Å². The number of carbonyl (C=O) groups excluding carboxylic acids is 1. The third kappa shape index (κ3) is 3.27. The number of thioether (sulfide) groups is 1. The Hall–Kier alpha value is -1.82. The fourth-order valence-corrected chi connectivity index (χ4v) is 4.34. The molecule has 1 aromatic carbocycles. The molecular weight excluding hydrogens is 310 g/mol. The number of nitrogens with zero attached hydrogens (tertiary/aromatic N) is 2. The van der Waals surface area contributed by atoms with Crippen molar-refractivity contribution < 1.29 is 9.21 Å². The molecule has 1 heterocycles. The Bertz CT molecular complexity index is 688. The minimum Gasteiger partial charge on any atom is -0.411 e. The molecule has 4 rings (SSSR count). The number of fused-ring (bicyclic) bond motifs is 2. The van der Waals surface area contributed by atoms with Gasteiger partial charge in [-0.25, -0.2) is 0 Å². The highest BCUT2D eigenvalue weighted by molar-refractivity contribution is 7.99. The lowest BCUT2D eigenvalue weighted by molar-refractivity contribution is -0.119. The van der Waals surface area contributed by atoms with Gasteiger partial charge in [0.15, 0.2) is 0 Å². The zero-order valence-electron chi connectivity index (χ0n) is 12.8. The van der Waals surface area contributed by atoms with Gasteiger partial charge >= 0.3 is 0 Å². The van der Waals surface area contributed by atoms with Crippen molar-refractivity contribution in [2.45, 2.75) is 36.9 Å². The Morgan fingerprint density at radius 2 is 2.09 bits per heavy atom. The number of aromatic nitrogens is 2. The van der Waals surface area contributed by atoms with E-state index in [0.29, 0.717) is 28.8 Å². The van der Waals surface area contributed by atoms with E-state index in [0.717, 1.165) is 17.9 Å². The first kappa shape index (κ1) is 14.8. The quantitative estimate of drug-likeness (QED) is 0.854. The summed E-state index contributed by atoms with van der Waals surface area (Å²) in [5.41, 5.74) is 0.887. The van der Waals surface area contributed by atoms with Crippen LogP contribution >= 0.6 is 11.8 Å². The molecule has 2 aliphatic rings. The number of rotatable bonds is 5. The lowest BCUT2D eigenvalue weighted by atomic mass is 9.95. The Labute approximate surface area is 139 Å². The van der Waals surface area contributed by atoms with Crippen LogP contribution in [0, 0.1) is 11.8 Å². The van der Waals surface area contributed by atoms with Gasteiger partial charge in [0.2, 0.25) is 11.8 Å². The smallest absolute Gasteiger partial charge is 0.277 e. The summed E-state index contributed by atoms with van der Waals surface area (Å²) in [7, 11) is 0. The summed E-state index contributed by atoms with van der Waals surface area (Å²) >= 11 is 1.30. The van der Waals surface area contributed by atoms with Crippen LogP contribution in [0.4, 0.5) is 0 Å². The molecule has 120 valence electrons. The van der Waals surface area contributed by atoms with Crippen LogP contribution in [-0.4, -0.2) is 27.9 Å². The van der Waals surface area contributed by atoms with Crippen molar-refractivity contribution in [3.8, 4) is 11.5 Å². The third-order valence-corrected chi connectivity index (χ3v) is 5.66. The Morgan fingerprint density at radius 3 is 2.83 bits per heavy atom. The maximum absolute atomic E-state index is 12.1. The zero-order chi connectivity index (χ0) is 15.6. The molecule has 23 heavy (non-hydrogen) atoms. The Balaban J connectivity index is 1.29. The Kier molecular flexibility index (Phi) is 4.08. The van der Waals surface area contributed by atoms with Crippen molar-refractivity contribution in [1.82, 2.24) is 15.5 Å². The summed E-state index contributed by atoms with van der Waals surface area (Å²) in [4.78, 5) is 12.1. The van der Waals surface area contributed by atoms with Gasteiger partial charge in [0.1, 0.15) is 0 Å². The molecule has 0 radical (unpaired) electrons. The van der Waals surface area contributed by atoms with Gasteiger partial charge in [-0.05, 0) is 43.2 Å². The summed E-state index contributed by atoms with van der Waals surface area (Å²) < 4.78 is 5.60. The van der Waals surface area contributed by atoms with E-state index in [-0.39, 0.29) is 5.91 Å². The van der Waals surface area contributed by atoms with Crippen molar-refractivity contribution in [3.63, 3.8) is 0 Å². The second-order valence-corrected chi connectivity index (χ2v) is 7.30. The SMILES string of the molecule is O=C(CSc1nnc(-c2ccccc2)o1)NC1CC2CCC1C2. The highest BCUT2D eigenvalue weighted by Gasteiger charge is 2.40. The monoisotopic (exact) mass is 329 g/mol. The average molecular weight is 329 g/mol. The van der Waals surface area contributed by atoms with Gasteiger partial charge in [-0.1, -0.05) is 36.4 Å². The van der Waals surface area contributed by atoms with E-state index in [1.807, 2.05) is 30.3 Å². The molecule has 0 aliphatic heterocycles. The summed E-state index contributed by atoms with van der Waals surface area (Å²) in [6, 6.07) is 10.0. The van der Waals surface area contributed by atoms with Gasteiger partial charge in [-0.3, -0.25) is 4.79 Å². The van der Waals surface area contributed by atoms with Crippen molar-refractivity contribution >= 4 is 17.7 Å². The molecule has 0 saturated heterocycles. The molecule has 3 unspecified atom stereocenters. The molecule has 0 spiro atoms. The molecule has 1 amide bonds. The van der Waals surface area contributed by atoms with Gasteiger partial charge in [0.25, 0.3) is 5.22 Å². The van der Waals surface area contributed by atoms with Crippen LogP contribution in [0.5, 0.6) is 0 Å². The standard InChI is InChI=1S/C17H19N3O2S/c21-15(18-14-9-11-6-7-13(14)8-11)10-23-17-20-19-16(22-17)12-4-2-1-3-5-12/h1-5,11,13-14H,6-10H2,(H,18,21). The van der Waals surface area contributed by atoms with Gasteiger partial charge < -0.3 is 9.73 Å². The highest BCUT2D eigenvalue weighted by atomic mass is 32.2. The lowest BCUT2D eigenvalue weighted by Gasteiger charge is -2.22. The largest absolute Gasteiger partial charge is 0.411 e. The summed E-state index contributed by atoms with van der Waals surface area (Å²) in [6.45, 7) is 0. The van der Waals surface area contributed by atoms with E-state index in [2.05, 4.69) is 15.5 Å². The lowest BCUT2D eigenvalue weighted by Crippen LogP contribution is -2.39. The zero-order valence-corrected chi connectivity index (χ0v) is 13.6. The van der Waals surface area contributed by atoms with E-state index in [4.69, 9.17) is 4.42 Å². The minimum absolute atomic E-state index is 0.0620. The van der Waals surface area contributed by atoms with Crippen molar-refractivity contribution in [1.29, 1.82) is 0 Å². The van der Waals surface area contributed by atoms with E-state index in [1.165, 1.54) is 31.0 Å². The summed E-state index contributed by atoms with van der Waals surface area (Å²) in [5, 5.41) is 11.6. The van der Waals surface area contributed by atoms with E-state index < -0.39 is 0 Å². The molecule has 6 heteroatoms. The molecule has 1 aromatic heterocycles. The second kappa shape index (κ2) is 6.35. The average Bonchev–Trinajstić information content (AvgIpc) is 3.30. The predicted molar refractivity (Wildman–Crippen MR) is 87.8 cm³/mol. The topological polar surface area (TPSA) is 68.0 Å². The third-order valence-electron chi connectivity index (χ3n) is 4.84. The Morgan fingerprint density at radius 1 is 1.22 bits per heavy atom. The van der Waals surface area contributed by atoms with Crippen LogP contribution < -0.4 is 5.32 Å². The first-order valence-electron chi connectivity index (χ1n) is 8.09. The maximum Gasteiger partial charge on any atom is 0.277 e. The number of nitrogens with one attached hydrogen (secondary N) is 1. The first-order chi connectivity index (χ1) is 11.3. The van der Waals surface area contributed by atoms with Gasteiger partial charge in [-0.2, -0.15) is 0 Å². The number of amides is 1. The van der Waals surface area contributed by atoms with E-state index >= 15 is 0 Å². The van der Waals surface area contributed by atoms with Crippen molar-refractivity contribution in [2.75, 3.05) is 5.75 Å². The minimum atomic E-state index is 0.0620. The molecule has 2 aromatic rings. The van der Waals surface area contributed by atoms with E-state index in [1.54, 1.807) is 0 Å². The number of hydrogen-bond acceptors (Lipinski definition) is 5. The van der Waals surface area contributed by atoms with Crippen molar-refractivity contribution in [2.24, 2.45) is 11.8 Å². The number of hydrogen-bond donors (Lipinski definition) is 1. The first-order valence-corrected chi connectivity index (χ1v) is 9.07. The molecule has 2 saturated carbocycles. The van der Waals surface area contributed by atoms with Crippen LogP contribution in [0.25, 0.3) is 11.5 Å². The fourth-order valence-electron chi connectivity index (χ4n) is 3.76. The predicted octanol–water partition coefficient (Wildman–Crippen LogP) is 3.13. The van der Waals surface area contributed by atoms with Crippen LogP contribution in [0.1, 0.15) is 25.7 Å². The highest BCUT2D eigenvalue weighted by Crippen LogP contribution is 2.44. The summed E-state index contributed by atoms with van der Waals surface area (Å²) in [6.07, 6.45) is 5.06. The van der Waals surface area contributed by atoms with Crippen LogP contribution in [-0.2, 0) is 4.79 Å². The summed E-state index contributed by atoms with van der Waals surface area (Å²) in [5.74, 6) is 2.41. The number of carbonyl (C=O) groups is 1. The van der Waals surface area contributed by atoms with Crippen LogP contribution in [0.15, 0.2) is 40.0 Å². The maximum atomic E-state index is 12.1. The van der Waals surface area contributed by atoms with E-state index in [9.17, 15) is 4.79 Å². The molecule has 2 aliphatic carbocycles. The van der Waals surface area contributed by atoms with Gasteiger partial charge in [-0.15, -0.1) is 10.2 Å². The molecule has 5 nitrogen and oxygen atoms in total. The molecule has 3 atom stereocenters.